The zero-order valence-electron chi connectivity index (χ0n) is 10.8. The van der Waals surface area contributed by atoms with Crippen molar-refractivity contribution in [2.45, 2.75) is 13.5 Å². The Hall–Kier alpha value is -2.90. The van der Waals surface area contributed by atoms with Gasteiger partial charge in [0.05, 0.1) is 4.92 Å². The summed E-state index contributed by atoms with van der Waals surface area (Å²) < 4.78 is 23.7. The standard InChI is InChI=1S/C13H10FNO6/c1-7-8(4-12(21-7)13(16)17)6-20-9-2-3-11(15(18)19)10(14)5-9/h2-5H,6H2,1H3,(H,16,17). The lowest BCUT2D eigenvalue weighted by Gasteiger charge is -2.05. The number of nitro benzene ring substituents is 1. The summed E-state index contributed by atoms with van der Waals surface area (Å²) in [6, 6.07) is 4.45. The number of carboxylic acid groups (broad SMARTS) is 1. The van der Waals surface area contributed by atoms with Crippen molar-refractivity contribution >= 4 is 11.7 Å². The lowest BCUT2D eigenvalue weighted by atomic mass is 10.2. The molecule has 0 spiro atoms. The molecule has 0 aliphatic carbocycles. The normalized spacial score (nSPS) is 10.4. The molecule has 0 amide bonds. The highest BCUT2D eigenvalue weighted by Crippen LogP contribution is 2.24. The molecule has 0 saturated heterocycles. The number of benzene rings is 1. The van der Waals surface area contributed by atoms with E-state index in [-0.39, 0.29) is 18.1 Å². The molecule has 21 heavy (non-hydrogen) atoms. The van der Waals surface area contributed by atoms with Crippen molar-refractivity contribution in [2.75, 3.05) is 0 Å². The summed E-state index contributed by atoms with van der Waals surface area (Å²) in [6.07, 6.45) is 0. The Morgan fingerprint density at radius 1 is 1.48 bits per heavy atom. The second-order valence-corrected chi connectivity index (χ2v) is 4.16. The van der Waals surface area contributed by atoms with E-state index in [4.69, 9.17) is 14.3 Å². The first-order valence-corrected chi connectivity index (χ1v) is 5.78. The Morgan fingerprint density at radius 3 is 2.71 bits per heavy atom. The molecule has 1 aromatic carbocycles. The molecule has 8 heteroatoms. The number of nitro groups is 1. The lowest BCUT2D eigenvalue weighted by molar-refractivity contribution is -0.387. The number of aromatic carboxylic acids is 1. The predicted octanol–water partition coefficient (Wildman–Crippen LogP) is 2.91. The number of hydrogen-bond donors (Lipinski definition) is 1. The number of aryl methyl sites for hydroxylation is 1. The van der Waals surface area contributed by atoms with Gasteiger partial charge in [-0.05, 0) is 19.1 Å². The zero-order chi connectivity index (χ0) is 15.6. The molecular formula is C13H10FNO6. The first-order chi connectivity index (χ1) is 9.88. The van der Waals surface area contributed by atoms with Gasteiger partial charge >= 0.3 is 11.7 Å². The van der Waals surface area contributed by atoms with E-state index in [0.29, 0.717) is 11.3 Å². The van der Waals surface area contributed by atoms with Crippen LogP contribution in [0.1, 0.15) is 21.9 Å². The summed E-state index contributed by atoms with van der Waals surface area (Å²) in [5, 5.41) is 19.3. The van der Waals surface area contributed by atoms with E-state index in [1.165, 1.54) is 12.1 Å². The van der Waals surface area contributed by atoms with Gasteiger partial charge in [-0.25, -0.2) is 4.79 Å². The molecule has 0 unspecified atom stereocenters. The highest BCUT2D eigenvalue weighted by molar-refractivity contribution is 5.84. The van der Waals surface area contributed by atoms with Crippen molar-refractivity contribution in [2.24, 2.45) is 0 Å². The van der Waals surface area contributed by atoms with Crippen LogP contribution in [0.4, 0.5) is 10.1 Å². The molecule has 2 aromatic rings. The largest absolute Gasteiger partial charge is 0.489 e. The maximum atomic E-state index is 13.4. The van der Waals surface area contributed by atoms with Gasteiger partial charge in [-0.15, -0.1) is 0 Å². The van der Waals surface area contributed by atoms with E-state index in [0.717, 1.165) is 12.1 Å². The second-order valence-electron chi connectivity index (χ2n) is 4.16. The number of carboxylic acids is 1. The van der Waals surface area contributed by atoms with Crippen molar-refractivity contribution in [3.8, 4) is 5.75 Å². The second kappa shape index (κ2) is 5.61. The summed E-state index contributed by atoms with van der Waals surface area (Å²) in [5.74, 6) is -1.97. The van der Waals surface area contributed by atoms with Crippen LogP contribution in [0.15, 0.2) is 28.7 Å². The van der Waals surface area contributed by atoms with Crippen LogP contribution < -0.4 is 4.74 Å². The number of nitrogens with zero attached hydrogens (tertiary/aromatic N) is 1. The van der Waals surface area contributed by atoms with E-state index >= 15 is 0 Å². The molecule has 0 aliphatic rings. The van der Waals surface area contributed by atoms with Crippen LogP contribution in [0, 0.1) is 22.9 Å². The van der Waals surface area contributed by atoms with Gasteiger partial charge in [0.1, 0.15) is 18.1 Å². The summed E-state index contributed by atoms with van der Waals surface area (Å²) in [7, 11) is 0. The van der Waals surface area contributed by atoms with Crippen molar-refractivity contribution < 1.29 is 28.4 Å². The number of furan rings is 1. The molecule has 1 aromatic heterocycles. The van der Waals surface area contributed by atoms with Crippen molar-refractivity contribution in [3.05, 3.63) is 57.3 Å². The summed E-state index contributed by atoms with van der Waals surface area (Å²) >= 11 is 0. The minimum Gasteiger partial charge on any atom is -0.489 e. The summed E-state index contributed by atoms with van der Waals surface area (Å²) in [5.41, 5.74) is -0.152. The molecule has 0 fully saturated rings. The highest BCUT2D eigenvalue weighted by Gasteiger charge is 2.16. The van der Waals surface area contributed by atoms with E-state index in [1.54, 1.807) is 6.92 Å². The number of halogens is 1. The molecule has 7 nitrogen and oxygen atoms in total. The molecule has 110 valence electrons. The van der Waals surface area contributed by atoms with Crippen molar-refractivity contribution in [1.29, 1.82) is 0 Å². The number of carbonyl (C=O) groups is 1. The van der Waals surface area contributed by atoms with E-state index in [1.807, 2.05) is 0 Å². The summed E-state index contributed by atoms with van der Waals surface area (Å²) in [4.78, 5) is 20.4. The van der Waals surface area contributed by atoms with Crippen LogP contribution in [0.5, 0.6) is 5.75 Å². The van der Waals surface area contributed by atoms with Crippen LogP contribution in [-0.2, 0) is 6.61 Å². The molecule has 0 bridgehead atoms. The molecule has 0 aliphatic heterocycles. The number of ether oxygens (including phenoxy) is 1. The smallest absolute Gasteiger partial charge is 0.371 e. The van der Waals surface area contributed by atoms with Crippen LogP contribution >= 0.6 is 0 Å². The molecule has 1 heterocycles. The van der Waals surface area contributed by atoms with Crippen LogP contribution in [0.2, 0.25) is 0 Å². The Bertz CT molecular complexity index is 709. The fourth-order valence-corrected chi connectivity index (χ4v) is 1.66. The predicted molar refractivity (Wildman–Crippen MR) is 67.8 cm³/mol. The molecule has 0 atom stereocenters. The highest BCUT2D eigenvalue weighted by atomic mass is 19.1. The summed E-state index contributed by atoms with van der Waals surface area (Å²) in [6.45, 7) is 1.53. The fourth-order valence-electron chi connectivity index (χ4n) is 1.66. The topological polar surface area (TPSA) is 103 Å². The number of rotatable bonds is 5. The SMILES string of the molecule is Cc1oc(C(=O)O)cc1COc1ccc([N+](=O)[O-])c(F)c1. The van der Waals surface area contributed by atoms with E-state index < -0.39 is 22.4 Å². The third-order valence-electron chi connectivity index (χ3n) is 2.74. The average Bonchev–Trinajstić information content (AvgIpc) is 2.77. The van der Waals surface area contributed by atoms with Crippen molar-refractivity contribution in [1.82, 2.24) is 0 Å². The van der Waals surface area contributed by atoms with Gasteiger partial charge in [-0.3, -0.25) is 10.1 Å². The molecule has 0 saturated carbocycles. The minimum atomic E-state index is -1.20. The molecule has 0 radical (unpaired) electrons. The third-order valence-corrected chi connectivity index (χ3v) is 2.74. The van der Waals surface area contributed by atoms with E-state index in [9.17, 15) is 19.3 Å². The van der Waals surface area contributed by atoms with Crippen LogP contribution in [0.25, 0.3) is 0 Å². The average molecular weight is 295 g/mol. The number of hydrogen-bond acceptors (Lipinski definition) is 5. The molecule has 1 N–H and O–H groups in total. The monoisotopic (exact) mass is 295 g/mol. The maximum Gasteiger partial charge on any atom is 0.371 e. The Morgan fingerprint density at radius 2 is 2.19 bits per heavy atom. The van der Waals surface area contributed by atoms with Gasteiger partial charge in [-0.1, -0.05) is 0 Å². The van der Waals surface area contributed by atoms with E-state index in [2.05, 4.69) is 0 Å². The molecule has 2 rings (SSSR count). The van der Waals surface area contributed by atoms with Crippen LogP contribution in [-0.4, -0.2) is 16.0 Å². The van der Waals surface area contributed by atoms with Gasteiger partial charge in [0.15, 0.2) is 0 Å². The third kappa shape index (κ3) is 3.16. The maximum absolute atomic E-state index is 13.4. The van der Waals surface area contributed by atoms with Gasteiger partial charge in [0.2, 0.25) is 11.6 Å². The van der Waals surface area contributed by atoms with Gasteiger partial charge < -0.3 is 14.3 Å². The zero-order valence-corrected chi connectivity index (χ0v) is 10.8. The fraction of sp³-hybridized carbons (Fsp3) is 0.154. The van der Waals surface area contributed by atoms with Gasteiger partial charge in [0, 0.05) is 17.7 Å². The van der Waals surface area contributed by atoms with Gasteiger partial charge in [-0.2, -0.15) is 4.39 Å². The Kier molecular flexibility index (Phi) is 3.88. The van der Waals surface area contributed by atoms with Crippen LogP contribution in [0.3, 0.4) is 0 Å². The lowest BCUT2D eigenvalue weighted by Crippen LogP contribution is -1.98. The van der Waals surface area contributed by atoms with Gasteiger partial charge in [0.25, 0.3) is 0 Å². The minimum absolute atomic E-state index is 0.0418. The Labute approximate surface area is 117 Å². The first-order valence-electron chi connectivity index (χ1n) is 5.78. The Balaban J connectivity index is 2.11. The molecular weight excluding hydrogens is 285 g/mol. The first kappa shape index (κ1) is 14.5. The quantitative estimate of drug-likeness (QED) is 0.672. The van der Waals surface area contributed by atoms with Crippen molar-refractivity contribution in [3.63, 3.8) is 0 Å².